The summed E-state index contributed by atoms with van der Waals surface area (Å²) < 4.78 is 8.08. The lowest BCUT2D eigenvalue weighted by Crippen LogP contribution is -2.30. The number of imidazole rings is 1. The van der Waals surface area contributed by atoms with Crippen LogP contribution in [0, 0.1) is 5.41 Å². The summed E-state index contributed by atoms with van der Waals surface area (Å²) in [7, 11) is 0. The molecule has 33 heavy (non-hydrogen) atoms. The Morgan fingerprint density at radius 1 is 0.939 bits per heavy atom. The minimum absolute atomic E-state index is 0.0365. The van der Waals surface area contributed by atoms with Crippen molar-refractivity contribution in [3.8, 4) is 22.5 Å². The van der Waals surface area contributed by atoms with Gasteiger partial charge < -0.3 is 19.9 Å². The average Bonchev–Trinajstić information content (AvgIpc) is 3.48. The van der Waals surface area contributed by atoms with E-state index in [2.05, 4.69) is 63.8 Å². The molecule has 0 radical (unpaired) electrons. The third-order valence-corrected chi connectivity index (χ3v) is 5.92. The van der Waals surface area contributed by atoms with Gasteiger partial charge in [0.1, 0.15) is 34.4 Å². The Kier molecular flexibility index (Phi) is 4.47. The third-order valence-electron chi connectivity index (χ3n) is 5.92. The number of nitrogens with zero attached hydrogens (tertiary/aromatic N) is 3. The van der Waals surface area contributed by atoms with Crippen LogP contribution in [0.1, 0.15) is 17.7 Å². The SMILES string of the molecule is N=C(N)c1cn2cc(-c3ccc(-c4cc5ccc(C6=NCCCN6)cc5o4)cc3)ccc2n1. The van der Waals surface area contributed by atoms with Gasteiger partial charge in [-0.25, -0.2) is 4.98 Å². The molecule has 0 unspecified atom stereocenters. The minimum Gasteiger partial charge on any atom is -0.456 e. The van der Waals surface area contributed by atoms with Gasteiger partial charge in [0.2, 0.25) is 0 Å². The predicted molar refractivity (Wildman–Crippen MR) is 131 cm³/mol. The Bertz CT molecular complexity index is 1540. The number of nitrogen functional groups attached to an aromatic ring is 1. The maximum Gasteiger partial charge on any atom is 0.143 e. The maximum absolute atomic E-state index is 7.58. The molecule has 4 heterocycles. The zero-order valence-electron chi connectivity index (χ0n) is 17.9. The van der Waals surface area contributed by atoms with Crippen molar-refractivity contribution in [1.82, 2.24) is 14.7 Å². The Labute approximate surface area is 190 Å². The van der Waals surface area contributed by atoms with Crippen LogP contribution in [0.5, 0.6) is 0 Å². The number of pyridine rings is 1. The molecule has 6 rings (SSSR count). The number of hydrogen-bond acceptors (Lipinski definition) is 5. The first-order chi connectivity index (χ1) is 16.1. The first-order valence-corrected chi connectivity index (χ1v) is 10.9. The second kappa shape index (κ2) is 7.63. The summed E-state index contributed by atoms with van der Waals surface area (Å²) in [6.45, 7) is 1.82. The number of rotatable bonds is 4. The van der Waals surface area contributed by atoms with Gasteiger partial charge in [-0.05, 0) is 41.8 Å². The molecule has 0 spiro atoms. The summed E-state index contributed by atoms with van der Waals surface area (Å²) in [6.07, 6.45) is 4.84. The topological polar surface area (TPSA) is 105 Å². The average molecular weight is 435 g/mol. The van der Waals surface area contributed by atoms with Crippen LogP contribution in [-0.4, -0.2) is 34.1 Å². The second-order valence-electron chi connectivity index (χ2n) is 8.17. The molecular weight excluding hydrogens is 412 g/mol. The molecule has 2 aromatic carbocycles. The van der Waals surface area contributed by atoms with Gasteiger partial charge in [-0.2, -0.15) is 0 Å². The number of fused-ring (bicyclic) bond motifs is 2. The molecule has 3 aromatic heterocycles. The van der Waals surface area contributed by atoms with Crippen LogP contribution in [0.15, 0.2) is 82.5 Å². The van der Waals surface area contributed by atoms with Gasteiger partial charge >= 0.3 is 0 Å². The Morgan fingerprint density at radius 3 is 2.52 bits per heavy atom. The van der Waals surface area contributed by atoms with Crippen molar-refractivity contribution in [3.63, 3.8) is 0 Å². The van der Waals surface area contributed by atoms with E-state index in [0.717, 1.165) is 70.0 Å². The normalized spacial score (nSPS) is 13.8. The maximum atomic E-state index is 7.58. The van der Waals surface area contributed by atoms with Crippen LogP contribution in [0.3, 0.4) is 0 Å². The van der Waals surface area contributed by atoms with E-state index in [0.29, 0.717) is 5.69 Å². The van der Waals surface area contributed by atoms with E-state index in [1.165, 1.54) is 0 Å². The Balaban J connectivity index is 1.30. The standard InChI is InChI=1S/C26H22N6O/c27-25(28)21-15-32-14-20(8-9-24(32)31-21)16-2-4-17(5-3-16)22-12-18-6-7-19(13-23(18)33-22)26-29-10-1-11-30-26/h2-9,12-15H,1,10-11H2,(H3,27,28)(H,29,30). The van der Waals surface area contributed by atoms with E-state index in [1.807, 2.05) is 22.7 Å². The summed E-state index contributed by atoms with van der Waals surface area (Å²) in [6, 6.07) is 20.6. The van der Waals surface area contributed by atoms with E-state index < -0.39 is 0 Å². The summed E-state index contributed by atoms with van der Waals surface area (Å²) >= 11 is 0. The van der Waals surface area contributed by atoms with Crippen LogP contribution >= 0.6 is 0 Å². The second-order valence-corrected chi connectivity index (χ2v) is 8.17. The Morgan fingerprint density at radius 2 is 1.73 bits per heavy atom. The van der Waals surface area contributed by atoms with Gasteiger partial charge in [-0.3, -0.25) is 10.4 Å². The molecule has 0 bridgehead atoms. The van der Waals surface area contributed by atoms with E-state index >= 15 is 0 Å². The summed E-state index contributed by atoms with van der Waals surface area (Å²) in [5.41, 5.74) is 11.9. The van der Waals surface area contributed by atoms with Crippen molar-refractivity contribution < 1.29 is 4.42 Å². The number of nitrogens with two attached hydrogens (primary N) is 1. The van der Waals surface area contributed by atoms with Crippen LogP contribution in [0.4, 0.5) is 0 Å². The fourth-order valence-electron chi connectivity index (χ4n) is 4.17. The molecular formula is C26H22N6O. The van der Waals surface area contributed by atoms with Gasteiger partial charge in [-0.15, -0.1) is 0 Å². The molecule has 5 aromatic rings. The first-order valence-electron chi connectivity index (χ1n) is 10.9. The molecule has 1 aliphatic rings. The van der Waals surface area contributed by atoms with Gasteiger partial charge in [0.15, 0.2) is 0 Å². The van der Waals surface area contributed by atoms with E-state index in [4.69, 9.17) is 15.6 Å². The zero-order valence-corrected chi connectivity index (χ0v) is 17.9. The van der Waals surface area contributed by atoms with Crippen molar-refractivity contribution in [3.05, 3.63) is 84.3 Å². The fraction of sp³-hybridized carbons (Fsp3) is 0.115. The molecule has 162 valence electrons. The van der Waals surface area contributed by atoms with E-state index in [1.54, 1.807) is 6.20 Å². The predicted octanol–water partition coefficient (Wildman–Crippen LogP) is 4.44. The number of benzene rings is 2. The molecule has 0 atom stereocenters. The first kappa shape index (κ1) is 19.3. The van der Waals surface area contributed by atoms with Gasteiger partial charge in [0, 0.05) is 42.0 Å². The van der Waals surface area contributed by atoms with Crippen molar-refractivity contribution >= 4 is 28.3 Å². The van der Waals surface area contributed by atoms with Crippen LogP contribution in [0.2, 0.25) is 0 Å². The Hall–Kier alpha value is -4.39. The van der Waals surface area contributed by atoms with Crippen molar-refractivity contribution in [2.24, 2.45) is 10.7 Å². The van der Waals surface area contributed by atoms with Crippen LogP contribution in [0.25, 0.3) is 39.1 Å². The highest BCUT2D eigenvalue weighted by atomic mass is 16.3. The highest BCUT2D eigenvalue weighted by molar-refractivity contribution is 6.02. The lowest BCUT2D eigenvalue weighted by Gasteiger charge is -2.14. The highest BCUT2D eigenvalue weighted by Crippen LogP contribution is 2.30. The van der Waals surface area contributed by atoms with Gasteiger partial charge in [-0.1, -0.05) is 36.4 Å². The zero-order chi connectivity index (χ0) is 22.4. The highest BCUT2D eigenvalue weighted by Gasteiger charge is 2.12. The minimum atomic E-state index is -0.0365. The van der Waals surface area contributed by atoms with Crippen molar-refractivity contribution in [1.29, 1.82) is 5.41 Å². The number of furan rings is 1. The molecule has 1 aliphatic heterocycles. The van der Waals surface area contributed by atoms with Gasteiger partial charge in [0.25, 0.3) is 0 Å². The number of hydrogen-bond donors (Lipinski definition) is 3. The number of nitrogens with one attached hydrogen (secondary N) is 2. The van der Waals surface area contributed by atoms with Crippen molar-refractivity contribution in [2.45, 2.75) is 6.42 Å². The van der Waals surface area contributed by atoms with E-state index in [9.17, 15) is 0 Å². The fourth-order valence-corrected chi connectivity index (χ4v) is 4.17. The smallest absolute Gasteiger partial charge is 0.143 e. The summed E-state index contributed by atoms with van der Waals surface area (Å²) in [5, 5.41) is 12.0. The number of aromatic nitrogens is 2. The molecule has 7 heteroatoms. The van der Waals surface area contributed by atoms with Crippen LogP contribution in [-0.2, 0) is 0 Å². The largest absolute Gasteiger partial charge is 0.456 e. The van der Waals surface area contributed by atoms with Crippen LogP contribution < -0.4 is 11.1 Å². The monoisotopic (exact) mass is 434 g/mol. The lowest BCUT2D eigenvalue weighted by atomic mass is 10.0. The molecule has 0 saturated carbocycles. The van der Waals surface area contributed by atoms with Crippen molar-refractivity contribution in [2.75, 3.05) is 13.1 Å². The molecule has 0 fully saturated rings. The molecule has 0 aliphatic carbocycles. The molecule has 0 amide bonds. The summed E-state index contributed by atoms with van der Waals surface area (Å²) in [5.74, 6) is 1.74. The molecule has 4 N–H and O–H groups in total. The lowest BCUT2D eigenvalue weighted by molar-refractivity contribution is 0.631. The van der Waals surface area contributed by atoms with Gasteiger partial charge in [0.05, 0.1) is 0 Å². The number of aliphatic imine (C=N–C) groups is 1. The van der Waals surface area contributed by atoms with E-state index in [-0.39, 0.29) is 5.84 Å². The molecule has 7 nitrogen and oxygen atoms in total. The third kappa shape index (κ3) is 3.53. The number of amidine groups is 2. The molecule has 0 saturated heterocycles. The summed E-state index contributed by atoms with van der Waals surface area (Å²) in [4.78, 5) is 8.93. The quantitative estimate of drug-likeness (QED) is 0.287.